The molecule has 1 aromatic heterocycles. The molecule has 2 nitrogen and oxygen atoms in total. The molecule has 0 radical (unpaired) electrons. The van der Waals surface area contributed by atoms with Crippen molar-refractivity contribution < 1.29 is 0 Å². The maximum atomic E-state index is 4.28. The summed E-state index contributed by atoms with van der Waals surface area (Å²) >= 11 is 0. The van der Waals surface area contributed by atoms with E-state index in [0.717, 1.165) is 12.1 Å². The van der Waals surface area contributed by atoms with Crippen molar-refractivity contribution in [2.75, 3.05) is 19.0 Å². The summed E-state index contributed by atoms with van der Waals surface area (Å²) in [5, 5.41) is 0. The first-order valence-corrected chi connectivity index (χ1v) is 4.87. The van der Waals surface area contributed by atoms with Crippen LogP contribution in [0.25, 0.3) is 0 Å². The van der Waals surface area contributed by atoms with Gasteiger partial charge in [-0.3, -0.25) is 4.98 Å². The van der Waals surface area contributed by atoms with Crippen molar-refractivity contribution in [3.8, 4) is 0 Å². The lowest BCUT2D eigenvalue weighted by Gasteiger charge is -2.14. The molecule has 0 aliphatic rings. The summed E-state index contributed by atoms with van der Waals surface area (Å²) in [6.45, 7) is 6.12. The summed E-state index contributed by atoms with van der Waals surface area (Å²) in [6.07, 6.45) is 2.83. The Morgan fingerprint density at radius 2 is 1.92 bits per heavy atom. The van der Waals surface area contributed by atoms with Crippen LogP contribution in [0.4, 0.5) is 5.69 Å². The van der Waals surface area contributed by atoms with E-state index in [1.54, 1.807) is 0 Å². The van der Waals surface area contributed by atoms with Gasteiger partial charge in [0.25, 0.3) is 0 Å². The van der Waals surface area contributed by atoms with Crippen LogP contribution in [-0.2, 0) is 6.42 Å². The molecule has 13 heavy (non-hydrogen) atoms. The highest BCUT2D eigenvalue weighted by molar-refractivity contribution is 5.48. The lowest BCUT2D eigenvalue weighted by Crippen LogP contribution is -2.11. The van der Waals surface area contributed by atoms with Crippen molar-refractivity contribution in [3.63, 3.8) is 0 Å². The predicted molar refractivity (Wildman–Crippen MR) is 59.3 cm³/mol. The summed E-state index contributed by atoms with van der Waals surface area (Å²) in [7, 11) is 4.08. The Kier molecular flexibility index (Phi) is 5.94. The Morgan fingerprint density at radius 1 is 1.31 bits per heavy atom. The minimum atomic E-state index is 0.994. The molecule has 1 aromatic rings. The Bertz CT molecular complexity index is 231. The number of hydrogen-bond donors (Lipinski definition) is 0. The van der Waals surface area contributed by atoms with Crippen molar-refractivity contribution in [3.05, 3.63) is 24.0 Å². The van der Waals surface area contributed by atoms with Gasteiger partial charge in [0, 0.05) is 20.3 Å². The second-order valence-corrected chi connectivity index (χ2v) is 2.72. The van der Waals surface area contributed by atoms with Crippen molar-refractivity contribution in [2.24, 2.45) is 0 Å². The molecule has 0 amide bonds. The molecule has 0 saturated carbocycles. The van der Waals surface area contributed by atoms with Crippen molar-refractivity contribution in [1.29, 1.82) is 0 Å². The average Bonchev–Trinajstić information content (AvgIpc) is 2.20. The average molecular weight is 180 g/mol. The van der Waals surface area contributed by atoms with Crippen LogP contribution < -0.4 is 4.90 Å². The van der Waals surface area contributed by atoms with Crippen LogP contribution in [0.3, 0.4) is 0 Å². The SMILES string of the molecule is CC.CCc1ncccc1N(C)C. The highest BCUT2D eigenvalue weighted by Gasteiger charge is 2.00. The molecule has 0 fully saturated rings. The van der Waals surface area contributed by atoms with E-state index >= 15 is 0 Å². The molecular formula is C11H20N2. The molecule has 0 aromatic carbocycles. The van der Waals surface area contributed by atoms with Crippen LogP contribution in [0.1, 0.15) is 26.5 Å². The number of aromatic nitrogens is 1. The van der Waals surface area contributed by atoms with Gasteiger partial charge in [-0.1, -0.05) is 20.8 Å². The molecule has 0 spiro atoms. The molecule has 1 heterocycles. The van der Waals surface area contributed by atoms with E-state index in [9.17, 15) is 0 Å². The molecule has 0 atom stereocenters. The van der Waals surface area contributed by atoms with Crippen molar-refractivity contribution in [2.45, 2.75) is 27.2 Å². The Labute approximate surface area is 81.6 Å². The summed E-state index contributed by atoms with van der Waals surface area (Å²) < 4.78 is 0. The molecule has 0 saturated heterocycles. The minimum Gasteiger partial charge on any atom is -0.376 e. The van der Waals surface area contributed by atoms with Gasteiger partial charge in [0.1, 0.15) is 0 Å². The monoisotopic (exact) mass is 180 g/mol. The number of hydrogen-bond acceptors (Lipinski definition) is 2. The van der Waals surface area contributed by atoms with Gasteiger partial charge in [0.2, 0.25) is 0 Å². The quantitative estimate of drug-likeness (QED) is 0.695. The van der Waals surface area contributed by atoms with Gasteiger partial charge >= 0.3 is 0 Å². The molecule has 0 aliphatic heterocycles. The van der Waals surface area contributed by atoms with Crippen molar-refractivity contribution in [1.82, 2.24) is 4.98 Å². The van der Waals surface area contributed by atoms with Gasteiger partial charge in [-0.05, 0) is 18.6 Å². The third kappa shape index (κ3) is 3.45. The van der Waals surface area contributed by atoms with E-state index in [4.69, 9.17) is 0 Å². The summed E-state index contributed by atoms with van der Waals surface area (Å²) in [6, 6.07) is 4.06. The predicted octanol–water partition coefficient (Wildman–Crippen LogP) is 2.74. The van der Waals surface area contributed by atoms with E-state index < -0.39 is 0 Å². The number of rotatable bonds is 2. The maximum absolute atomic E-state index is 4.28. The smallest absolute Gasteiger partial charge is 0.0633 e. The van der Waals surface area contributed by atoms with Crippen LogP contribution in [0.2, 0.25) is 0 Å². The fourth-order valence-corrected chi connectivity index (χ4v) is 1.11. The minimum absolute atomic E-state index is 0.994. The zero-order valence-electron chi connectivity index (χ0n) is 9.33. The van der Waals surface area contributed by atoms with Gasteiger partial charge in [-0.15, -0.1) is 0 Å². The Morgan fingerprint density at radius 3 is 2.31 bits per heavy atom. The third-order valence-corrected chi connectivity index (χ3v) is 1.68. The highest BCUT2D eigenvalue weighted by Crippen LogP contribution is 2.14. The zero-order chi connectivity index (χ0) is 10.3. The number of aryl methyl sites for hydroxylation is 1. The molecular weight excluding hydrogens is 160 g/mol. The summed E-state index contributed by atoms with van der Waals surface area (Å²) in [5.41, 5.74) is 2.38. The maximum Gasteiger partial charge on any atom is 0.0633 e. The third-order valence-electron chi connectivity index (χ3n) is 1.68. The molecule has 0 N–H and O–H groups in total. The van der Waals surface area contributed by atoms with Gasteiger partial charge in [-0.25, -0.2) is 0 Å². The lowest BCUT2D eigenvalue weighted by atomic mass is 10.2. The second kappa shape index (κ2) is 6.46. The van der Waals surface area contributed by atoms with Crippen LogP contribution >= 0.6 is 0 Å². The second-order valence-electron chi connectivity index (χ2n) is 2.72. The molecule has 0 unspecified atom stereocenters. The summed E-state index contributed by atoms with van der Waals surface area (Å²) in [4.78, 5) is 6.37. The van der Waals surface area contributed by atoms with Gasteiger partial charge in [0.05, 0.1) is 11.4 Å². The van der Waals surface area contributed by atoms with E-state index in [1.807, 2.05) is 40.2 Å². The van der Waals surface area contributed by atoms with E-state index in [2.05, 4.69) is 22.9 Å². The number of anilines is 1. The highest BCUT2D eigenvalue weighted by atomic mass is 15.1. The first kappa shape index (κ1) is 11.9. The van der Waals surface area contributed by atoms with Crippen molar-refractivity contribution >= 4 is 5.69 Å². The standard InChI is InChI=1S/C9H14N2.C2H6/c1-4-8-9(11(2)3)6-5-7-10-8;1-2/h5-7H,4H2,1-3H3;1-2H3. The zero-order valence-corrected chi connectivity index (χ0v) is 9.33. The fraction of sp³-hybridized carbons (Fsp3) is 0.545. The van der Waals surface area contributed by atoms with E-state index in [1.165, 1.54) is 5.69 Å². The lowest BCUT2D eigenvalue weighted by molar-refractivity contribution is 0.993. The summed E-state index contributed by atoms with van der Waals surface area (Å²) in [5.74, 6) is 0. The van der Waals surface area contributed by atoms with Crippen LogP contribution in [0, 0.1) is 0 Å². The molecule has 1 rings (SSSR count). The number of nitrogens with zero attached hydrogens (tertiary/aromatic N) is 2. The first-order valence-electron chi connectivity index (χ1n) is 4.87. The first-order chi connectivity index (χ1) is 6.25. The molecule has 74 valence electrons. The Hall–Kier alpha value is -1.05. The van der Waals surface area contributed by atoms with Gasteiger partial charge in [0.15, 0.2) is 0 Å². The molecule has 0 aliphatic carbocycles. The largest absolute Gasteiger partial charge is 0.376 e. The van der Waals surface area contributed by atoms with Crippen LogP contribution in [0.5, 0.6) is 0 Å². The fourth-order valence-electron chi connectivity index (χ4n) is 1.11. The van der Waals surface area contributed by atoms with E-state index in [0.29, 0.717) is 0 Å². The molecule has 2 heteroatoms. The number of pyridine rings is 1. The van der Waals surface area contributed by atoms with E-state index in [-0.39, 0.29) is 0 Å². The normalized spacial score (nSPS) is 8.69. The van der Waals surface area contributed by atoms with Gasteiger partial charge in [-0.2, -0.15) is 0 Å². The van der Waals surface area contributed by atoms with Crippen LogP contribution in [-0.4, -0.2) is 19.1 Å². The Balaban J connectivity index is 0.000000671. The molecule has 0 bridgehead atoms. The van der Waals surface area contributed by atoms with Gasteiger partial charge < -0.3 is 4.90 Å². The topological polar surface area (TPSA) is 16.1 Å². The van der Waals surface area contributed by atoms with Crippen LogP contribution in [0.15, 0.2) is 18.3 Å².